The van der Waals surface area contributed by atoms with Crippen LogP contribution < -0.4 is 0 Å². The number of hydrogen-bond acceptors (Lipinski definition) is 3. The van der Waals surface area contributed by atoms with Gasteiger partial charge in [-0.05, 0) is 36.1 Å². The van der Waals surface area contributed by atoms with Gasteiger partial charge < -0.3 is 0 Å². The first-order valence-electron chi connectivity index (χ1n) is 7.86. The molecule has 0 amide bonds. The highest BCUT2D eigenvalue weighted by Crippen LogP contribution is 2.37. The van der Waals surface area contributed by atoms with Gasteiger partial charge in [0.2, 0.25) is 0 Å². The fourth-order valence-electron chi connectivity index (χ4n) is 2.92. The van der Waals surface area contributed by atoms with Gasteiger partial charge in [0.15, 0.2) is 0 Å². The second-order valence-corrected chi connectivity index (χ2v) is 6.74. The monoisotopic (exact) mass is 370 g/mol. The Morgan fingerprint density at radius 1 is 1.12 bits per heavy atom. The fraction of sp³-hybridized carbons (Fsp3) is 0.211. The summed E-state index contributed by atoms with van der Waals surface area (Å²) in [6.45, 7) is 0.373. The predicted molar refractivity (Wildman–Crippen MR) is 98.5 cm³/mol. The summed E-state index contributed by atoms with van der Waals surface area (Å²) in [5, 5.41) is 15.3. The van der Waals surface area contributed by atoms with Crippen molar-refractivity contribution in [3.63, 3.8) is 0 Å². The van der Waals surface area contributed by atoms with Crippen LogP contribution >= 0.6 is 23.2 Å². The number of aryl methyl sites for hydroxylation is 1. The maximum atomic E-state index is 10.1. The van der Waals surface area contributed by atoms with Crippen LogP contribution in [-0.2, 0) is 18.4 Å². The Balaban J connectivity index is 1.98. The number of halogens is 2. The zero-order valence-corrected chi connectivity index (χ0v) is 15.0. The molecule has 0 saturated carbocycles. The molecule has 1 unspecified atom stereocenters. The Hall–Kier alpha value is -2.35. The van der Waals surface area contributed by atoms with Gasteiger partial charge in [0.05, 0.1) is 12.6 Å². The fourth-order valence-corrected chi connectivity index (χ4v) is 3.51. The number of hydrogen-bond donors (Lipinski definition) is 0. The molecule has 0 fully saturated rings. The van der Waals surface area contributed by atoms with Crippen molar-refractivity contribution in [3.8, 4) is 6.07 Å². The number of aromatic nitrogens is 3. The van der Waals surface area contributed by atoms with Crippen molar-refractivity contribution in [1.29, 1.82) is 5.26 Å². The summed E-state index contributed by atoms with van der Waals surface area (Å²) in [4.78, 5) is 3.98. The number of benzene rings is 2. The third-order valence-corrected chi connectivity index (χ3v) is 4.79. The first-order chi connectivity index (χ1) is 12.1. The SMILES string of the molecule is N#CC(CCc1ccccc1)(Cn1cncn1)c1ccc(Cl)cc1Cl. The maximum Gasteiger partial charge on any atom is 0.137 e. The van der Waals surface area contributed by atoms with E-state index in [-0.39, 0.29) is 0 Å². The van der Waals surface area contributed by atoms with Crippen molar-refractivity contribution in [1.82, 2.24) is 14.8 Å². The van der Waals surface area contributed by atoms with E-state index < -0.39 is 5.41 Å². The van der Waals surface area contributed by atoms with E-state index in [0.29, 0.717) is 23.0 Å². The lowest BCUT2D eigenvalue weighted by Gasteiger charge is -2.28. The second-order valence-electron chi connectivity index (χ2n) is 5.90. The van der Waals surface area contributed by atoms with Gasteiger partial charge in [-0.25, -0.2) is 4.98 Å². The minimum absolute atomic E-state index is 0.373. The van der Waals surface area contributed by atoms with Crippen molar-refractivity contribution >= 4 is 23.2 Å². The Bertz CT molecular complexity index is 872. The van der Waals surface area contributed by atoms with E-state index >= 15 is 0 Å². The number of nitrogens with zero attached hydrogens (tertiary/aromatic N) is 4. The van der Waals surface area contributed by atoms with E-state index in [0.717, 1.165) is 12.0 Å². The third-order valence-electron chi connectivity index (χ3n) is 4.24. The van der Waals surface area contributed by atoms with Gasteiger partial charge in [0, 0.05) is 10.0 Å². The smallest absolute Gasteiger partial charge is 0.137 e. The van der Waals surface area contributed by atoms with Crippen LogP contribution in [0.1, 0.15) is 17.5 Å². The Morgan fingerprint density at radius 2 is 1.92 bits per heavy atom. The molecule has 1 atom stereocenters. The molecule has 3 rings (SSSR count). The molecule has 0 bridgehead atoms. The summed E-state index contributed by atoms with van der Waals surface area (Å²) in [5.41, 5.74) is 1.10. The van der Waals surface area contributed by atoms with Gasteiger partial charge >= 0.3 is 0 Å². The zero-order valence-electron chi connectivity index (χ0n) is 13.4. The van der Waals surface area contributed by atoms with Crippen LogP contribution in [0.2, 0.25) is 10.0 Å². The molecule has 0 spiro atoms. The van der Waals surface area contributed by atoms with E-state index in [4.69, 9.17) is 23.2 Å². The molecule has 0 aliphatic heterocycles. The van der Waals surface area contributed by atoms with Crippen LogP contribution in [-0.4, -0.2) is 14.8 Å². The lowest BCUT2D eigenvalue weighted by molar-refractivity contribution is 0.402. The lowest BCUT2D eigenvalue weighted by Crippen LogP contribution is -2.31. The van der Waals surface area contributed by atoms with E-state index in [9.17, 15) is 5.26 Å². The normalized spacial score (nSPS) is 13.2. The van der Waals surface area contributed by atoms with Gasteiger partial charge in [0.25, 0.3) is 0 Å². The largest absolute Gasteiger partial charge is 0.251 e. The van der Waals surface area contributed by atoms with E-state index in [1.165, 1.54) is 11.9 Å². The summed E-state index contributed by atoms with van der Waals surface area (Å²) >= 11 is 12.5. The summed E-state index contributed by atoms with van der Waals surface area (Å²) in [6, 6.07) is 17.8. The number of rotatable bonds is 6. The highest BCUT2D eigenvalue weighted by Gasteiger charge is 2.35. The molecule has 0 radical (unpaired) electrons. The van der Waals surface area contributed by atoms with Gasteiger partial charge in [-0.2, -0.15) is 10.4 Å². The molecule has 1 heterocycles. The molecule has 126 valence electrons. The summed E-state index contributed by atoms with van der Waals surface area (Å²) in [6.07, 6.45) is 4.43. The molecule has 0 aliphatic carbocycles. The van der Waals surface area contributed by atoms with Crippen molar-refractivity contribution in [2.75, 3.05) is 0 Å². The first-order valence-corrected chi connectivity index (χ1v) is 8.62. The summed E-state index contributed by atoms with van der Waals surface area (Å²) in [5.74, 6) is 0. The average molecular weight is 371 g/mol. The zero-order chi connectivity index (χ0) is 17.7. The quantitative estimate of drug-likeness (QED) is 0.632. The first kappa shape index (κ1) is 17.5. The minimum Gasteiger partial charge on any atom is -0.251 e. The molecule has 0 N–H and O–H groups in total. The van der Waals surface area contributed by atoms with Crippen molar-refractivity contribution in [3.05, 3.63) is 82.4 Å². The maximum absolute atomic E-state index is 10.1. The standard InChI is InChI=1S/C19H16Cl2N4/c20-16-6-7-17(18(21)10-16)19(11-22,12-25-14-23-13-24-25)9-8-15-4-2-1-3-5-15/h1-7,10,13-14H,8-9,12H2. The van der Waals surface area contributed by atoms with Crippen LogP contribution in [0.5, 0.6) is 0 Å². The van der Waals surface area contributed by atoms with Gasteiger partial charge in [-0.3, -0.25) is 4.68 Å². The van der Waals surface area contributed by atoms with E-state index in [1.807, 2.05) is 24.3 Å². The van der Waals surface area contributed by atoms with E-state index in [2.05, 4.69) is 28.3 Å². The van der Waals surface area contributed by atoms with Crippen LogP contribution in [0.15, 0.2) is 61.2 Å². The third kappa shape index (κ3) is 4.01. The summed E-state index contributed by atoms with van der Waals surface area (Å²) in [7, 11) is 0. The molecule has 0 saturated heterocycles. The van der Waals surface area contributed by atoms with Gasteiger partial charge in [-0.1, -0.05) is 59.6 Å². The lowest BCUT2D eigenvalue weighted by atomic mass is 9.77. The van der Waals surface area contributed by atoms with E-state index in [1.54, 1.807) is 23.1 Å². The minimum atomic E-state index is -0.828. The molecule has 3 aromatic rings. The average Bonchev–Trinajstić information content (AvgIpc) is 3.13. The Labute approximate surface area is 156 Å². The molecular weight excluding hydrogens is 355 g/mol. The Kier molecular flexibility index (Phi) is 5.37. The van der Waals surface area contributed by atoms with Gasteiger partial charge in [-0.15, -0.1) is 0 Å². The molecular formula is C19H16Cl2N4. The second kappa shape index (κ2) is 7.69. The molecule has 2 aromatic carbocycles. The topological polar surface area (TPSA) is 54.5 Å². The molecule has 4 nitrogen and oxygen atoms in total. The van der Waals surface area contributed by atoms with Crippen LogP contribution in [0.3, 0.4) is 0 Å². The molecule has 25 heavy (non-hydrogen) atoms. The van der Waals surface area contributed by atoms with Crippen molar-refractivity contribution in [2.45, 2.75) is 24.8 Å². The summed E-state index contributed by atoms with van der Waals surface area (Å²) < 4.78 is 1.67. The van der Waals surface area contributed by atoms with Crippen LogP contribution in [0.25, 0.3) is 0 Å². The number of nitriles is 1. The molecule has 1 aromatic heterocycles. The van der Waals surface area contributed by atoms with Crippen LogP contribution in [0, 0.1) is 11.3 Å². The molecule has 6 heteroatoms. The highest BCUT2D eigenvalue weighted by molar-refractivity contribution is 6.35. The molecule has 0 aliphatic rings. The van der Waals surface area contributed by atoms with Crippen LogP contribution in [0.4, 0.5) is 0 Å². The highest BCUT2D eigenvalue weighted by atomic mass is 35.5. The Morgan fingerprint density at radius 3 is 2.56 bits per heavy atom. The van der Waals surface area contributed by atoms with Gasteiger partial charge in [0.1, 0.15) is 18.1 Å². The van der Waals surface area contributed by atoms with Crippen molar-refractivity contribution in [2.24, 2.45) is 0 Å². The predicted octanol–water partition coefficient (Wildman–Crippen LogP) is 4.68. The van der Waals surface area contributed by atoms with Crippen molar-refractivity contribution < 1.29 is 0 Å².